The smallest absolute Gasteiger partial charge is 0.342 e. The van der Waals surface area contributed by atoms with Gasteiger partial charge in [0.2, 0.25) is 0 Å². The van der Waals surface area contributed by atoms with E-state index in [0.29, 0.717) is 17.2 Å². The number of fused-ring (bicyclic) bond motifs is 1. The van der Waals surface area contributed by atoms with Crippen molar-refractivity contribution in [3.8, 4) is 5.75 Å². The summed E-state index contributed by atoms with van der Waals surface area (Å²) in [6, 6.07) is 16.7. The van der Waals surface area contributed by atoms with Gasteiger partial charge in [0.05, 0.1) is 11.3 Å². The molecule has 7 nitrogen and oxygen atoms in total. The molecule has 8 heteroatoms. The van der Waals surface area contributed by atoms with Gasteiger partial charge >= 0.3 is 5.97 Å². The molecule has 0 radical (unpaired) electrons. The molecule has 0 spiro atoms. The molecule has 0 fully saturated rings. The molecule has 0 aliphatic heterocycles. The van der Waals surface area contributed by atoms with E-state index in [0.717, 1.165) is 21.9 Å². The van der Waals surface area contributed by atoms with E-state index >= 15 is 0 Å². The second-order valence-electron chi connectivity index (χ2n) is 7.77. The lowest BCUT2D eigenvalue weighted by Crippen LogP contribution is -2.28. The summed E-state index contributed by atoms with van der Waals surface area (Å²) >= 11 is 0. The molecule has 3 aromatic carbocycles. The summed E-state index contributed by atoms with van der Waals surface area (Å²) in [6.07, 6.45) is 0. The fourth-order valence-electron chi connectivity index (χ4n) is 3.42. The Morgan fingerprint density at radius 1 is 1.03 bits per heavy atom. The lowest BCUT2D eigenvalue weighted by Gasteiger charge is -2.13. The number of carbonyl (C=O) groups is 2. The number of aromatic nitrogens is 1. The molecule has 174 valence electrons. The van der Waals surface area contributed by atoms with Crippen LogP contribution in [-0.2, 0) is 22.7 Å². The molecule has 1 N–H and O–H groups in total. The average Bonchev–Trinajstić information content (AvgIpc) is 3.17. The molecule has 0 aliphatic rings. The van der Waals surface area contributed by atoms with Gasteiger partial charge < -0.3 is 19.3 Å². The van der Waals surface area contributed by atoms with Gasteiger partial charge in [-0.25, -0.2) is 9.18 Å². The summed E-state index contributed by atoms with van der Waals surface area (Å²) in [6.45, 7) is 3.50. The van der Waals surface area contributed by atoms with Crippen LogP contribution in [0, 0.1) is 19.7 Å². The number of halogens is 1. The molecule has 4 rings (SSSR count). The second-order valence-corrected chi connectivity index (χ2v) is 7.77. The summed E-state index contributed by atoms with van der Waals surface area (Å²) in [5.41, 5.74) is 2.44. The van der Waals surface area contributed by atoms with Crippen LogP contribution in [-0.4, -0.2) is 23.6 Å². The average molecular weight is 462 g/mol. The first-order valence-corrected chi connectivity index (χ1v) is 10.7. The number of hydrogen-bond acceptors (Lipinski definition) is 6. The van der Waals surface area contributed by atoms with Crippen molar-refractivity contribution in [2.45, 2.75) is 27.0 Å². The first-order chi connectivity index (χ1) is 16.4. The molecule has 1 aromatic heterocycles. The van der Waals surface area contributed by atoms with Crippen LogP contribution in [0.4, 0.5) is 4.39 Å². The minimum absolute atomic E-state index is 0.165. The van der Waals surface area contributed by atoms with Crippen LogP contribution in [0.2, 0.25) is 0 Å². The van der Waals surface area contributed by atoms with Gasteiger partial charge in [0, 0.05) is 6.54 Å². The molecule has 4 aromatic rings. The van der Waals surface area contributed by atoms with Gasteiger partial charge in [0.15, 0.2) is 6.61 Å². The zero-order valence-corrected chi connectivity index (χ0v) is 18.8. The molecule has 0 bridgehead atoms. The van der Waals surface area contributed by atoms with Crippen molar-refractivity contribution in [2.24, 2.45) is 0 Å². The molecule has 1 heterocycles. The number of nitrogens with zero attached hydrogens (tertiary/aromatic N) is 1. The van der Waals surface area contributed by atoms with E-state index in [4.69, 9.17) is 14.0 Å². The monoisotopic (exact) mass is 462 g/mol. The minimum atomic E-state index is -0.684. The van der Waals surface area contributed by atoms with Crippen LogP contribution in [0.25, 0.3) is 10.8 Å². The van der Waals surface area contributed by atoms with Gasteiger partial charge in [-0.2, -0.15) is 0 Å². The summed E-state index contributed by atoms with van der Waals surface area (Å²) in [5.74, 6) is -0.546. The van der Waals surface area contributed by atoms with Crippen LogP contribution in [0.1, 0.15) is 32.9 Å². The molecule has 0 saturated carbocycles. The molecular formula is C26H23FN2O5. The van der Waals surface area contributed by atoms with Crippen molar-refractivity contribution < 1.29 is 28.0 Å². The number of carbonyl (C=O) groups excluding carboxylic acids is 2. The number of ether oxygens (including phenoxy) is 2. The predicted molar refractivity (Wildman–Crippen MR) is 123 cm³/mol. The molecule has 0 saturated heterocycles. The summed E-state index contributed by atoms with van der Waals surface area (Å²) in [5, 5.41) is 8.28. The molecule has 0 unspecified atom stereocenters. The molecule has 34 heavy (non-hydrogen) atoms. The number of esters is 1. The number of rotatable bonds is 8. The Kier molecular flexibility index (Phi) is 6.87. The summed E-state index contributed by atoms with van der Waals surface area (Å²) in [7, 11) is 0. The third-order valence-electron chi connectivity index (χ3n) is 5.36. The lowest BCUT2D eigenvalue weighted by molar-refractivity contribution is -0.124. The maximum Gasteiger partial charge on any atom is 0.342 e. The van der Waals surface area contributed by atoms with Crippen molar-refractivity contribution in [1.29, 1.82) is 0 Å². The fraction of sp³-hybridized carbons (Fsp3) is 0.192. The first-order valence-electron chi connectivity index (χ1n) is 10.7. The molecule has 1 amide bonds. The molecule has 0 aliphatic carbocycles. The number of aryl methyl sites for hydroxylation is 2. The van der Waals surface area contributed by atoms with Crippen LogP contribution in [0.15, 0.2) is 65.2 Å². The first kappa shape index (κ1) is 23.0. The standard InChI is InChI=1S/C26H23FN2O5/c1-16-23(17(2)34-29-16)14-32-24-12-20-6-4-3-5-19(20)11-22(24)26(31)33-15-25(30)28-13-18-7-9-21(27)10-8-18/h3-12H,13-15H2,1-2H3,(H,28,30). The normalized spacial score (nSPS) is 10.8. The van der Waals surface area contributed by atoms with E-state index in [9.17, 15) is 14.0 Å². The minimum Gasteiger partial charge on any atom is -0.488 e. The Balaban J connectivity index is 1.45. The summed E-state index contributed by atoms with van der Waals surface area (Å²) in [4.78, 5) is 25.0. The van der Waals surface area contributed by atoms with Gasteiger partial charge in [-0.15, -0.1) is 0 Å². The predicted octanol–water partition coefficient (Wildman–Crippen LogP) is 4.64. The van der Waals surface area contributed by atoms with Gasteiger partial charge in [-0.1, -0.05) is 41.6 Å². The van der Waals surface area contributed by atoms with Crippen molar-refractivity contribution in [3.05, 3.63) is 94.6 Å². The van der Waals surface area contributed by atoms with E-state index in [2.05, 4.69) is 10.5 Å². The Bertz CT molecular complexity index is 1310. The Morgan fingerprint density at radius 2 is 1.74 bits per heavy atom. The van der Waals surface area contributed by atoms with Crippen molar-refractivity contribution in [3.63, 3.8) is 0 Å². The van der Waals surface area contributed by atoms with Gasteiger partial charge in [0.25, 0.3) is 5.91 Å². The Morgan fingerprint density at radius 3 is 2.41 bits per heavy atom. The van der Waals surface area contributed by atoms with Gasteiger partial charge in [0.1, 0.15) is 29.5 Å². The highest BCUT2D eigenvalue weighted by atomic mass is 19.1. The third kappa shape index (κ3) is 5.40. The fourth-order valence-corrected chi connectivity index (χ4v) is 3.42. The molecule has 0 atom stereocenters. The zero-order valence-electron chi connectivity index (χ0n) is 18.8. The van der Waals surface area contributed by atoms with E-state index in [-0.39, 0.29) is 24.5 Å². The topological polar surface area (TPSA) is 90.7 Å². The molecular weight excluding hydrogens is 439 g/mol. The SMILES string of the molecule is Cc1noc(C)c1COc1cc2ccccc2cc1C(=O)OCC(=O)NCc1ccc(F)cc1. The largest absolute Gasteiger partial charge is 0.488 e. The number of hydrogen-bond donors (Lipinski definition) is 1. The quantitative estimate of drug-likeness (QED) is 0.384. The highest BCUT2D eigenvalue weighted by Gasteiger charge is 2.19. The number of amides is 1. The number of benzene rings is 3. The summed E-state index contributed by atoms with van der Waals surface area (Å²) < 4.78 is 29.4. The van der Waals surface area contributed by atoms with E-state index in [1.165, 1.54) is 12.1 Å². The van der Waals surface area contributed by atoms with Crippen LogP contribution < -0.4 is 10.1 Å². The van der Waals surface area contributed by atoms with Crippen molar-refractivity contribution in [2.75, 3.05) is 6.61 Å². The van der Waals surface area contributed by atoms with Crippen LogP contribution in [0.3, 0.4) is 0 Å². The van der Waals surface area contributed by atoms with E-state index in [1.807, 2.05) is 31.2 Å². The van der Waals surface area contributed by atoms with Gasteiger partial charge in [-0.05, 0) is 54.4 Å². The Labute approximate surface area is 195 Å². The maximum atomic E-state index is 13.0. The van der Waals surface area contributed by atoms with E-state index < -0.39 is 18.5 Å². The van der Waals surface area contributed by atoms with E-state index in [1.54, 1.807) is 31.2 Å². The van der Waals surface area contributed by atoms with Gasteiger partial charge in [-0.3, -0.25) is 4.79 Å². The highest BCUT2D eigenvalue weighted by Crippen LogP contribution is 2.28. The third-order valence-corrected chi connectivity index (χ3v) is 5.36. The van der Waals surface area contributed by atoms with Crippen LogP contribution in [0.5, 0.6) is 5.75 Å². The lowest BCUT2D eigenvalue weighted by atomic mass is 10.1. The van der Waals surface area contributed by atoms with Crippen LogP contribution >= 0.6 is 0 Å². The second kappa shape index (κ2) is 10.2. The van der Waals surface area contributed by atoms with Crippen molar-refractivity contribution >= 4 is 22.6 Å². The van der Waals surface area contributed by atoms with Crippen molar-refractivity contribution in [1.82, 2.24) is 10.5 Å². The highest BCUT2D eigenvalue weighted by molar-refractivity contribution is 5.99. The Hall–Kier alpha value is -4.20. The maximum absolute atomic E-state index is 13.0. The zero-order chi connectivity index (χ0) is 24.1. The number of nitrogens with one attached hydrogen (secondary N) is 1.